The lowest BCUT2D eigenvalue weighted by Gasteiger charge is -2.09. The third-order valence-corrected chi connectivity index (χ3v) is 3.73. The van der Waals surface area contributed by atoms with Crippen LogP contribution in [0.15, 0.2) is 52.0 Å². The number of amides is 1. The molecule has 2 rings (SSSR count). The van der Waals surface area contributed by atoms with Crippen LogP contribution in [0.4, 0.5) is 14.5 Å². The van der Waals surface area contributed by atoms with Crippen molar-refractivity contribution in [3.05, 3.63) is 48.4 Å². The van der Waals surface area contributed by atoms with E-state index in [1.807, 2.05) is 18.3 Å². The Kier molecular flexibility index (Phi) is 5.97. The maximum absolute atomic E-state index is 12.2. The van der Waals surface area contributed by atoms with E-state index in [0.717, 1.165) is 5.76 Å². The van der Waals surface area contributed by atoms with Crippen molar-refractivity contribution in [3.8, 4) is 0 Å². The lowest BCUT2D eigenvalue weighted by molar-refractivity contribution is -0.684. The van der Waals surface area contributed by atoms with E-state index in [4.69, 9.17) is 4.42 Å². The molecule has 0 saturated heterocycles. The fourth-order valence-electron chi connectivity index (χ4n) is 1.88. The topological polar surface area (TPSA) is 58.9 Å². The summed E-state index contributed by atoms with van der Waals surface area (Å²) < 4.78 is 29.7. The Balaban J connectivity index is 1.79. The molecule has 0 aliphatic heterocycles. The van der Waals surface area contributed by atoms with Crippen LogP contribution in [-0.4, -0.2) is 18.2 Å². The summed E-state index contributed by atoms with van der Waals surface area (Å²) in [4.78, 5) is 12.3. The number of furan rings is 1. The number of hydrogen-bond donors (Lipinski definition) is 2. The summed E-state index contributed by atoms with van der Waals surface area (Å²) in [6.07, 6.45) is 1.60. The average molecular weight is 327 g/mol. The normalized spacial score (nSPS) is 12.4. The van der Waals surface area contributed by atoms with Crippen molar-refractivity contribution >= 4 is 23.4 Å². The zero-order valence-corrected chi connectivity index (χ0v) is 12.8. The van der Waals surface area contributed by atoms with Gasteiger partial charge in [0.15, 0.2) is 12.3 Å². The van der Waals surface area contributed by atoms with Gasteiger partial charge in [-0.25, -0.2) is 0 Å². The van der Waals surface area contributed by atoms with Crippen molar-refractivity contribution in [1.82, 2.24) is 0 Å². The number of alkyl halides is 2. The molecule has 1 aromatic heterocycles. The summed E-state index contributed by atoms with van der Waals surface area (Å²) >= 11 is 0.476. The summed E-state index contributed by atoms with van der Waals surface area (Å²) in [7, 11) is 0. The summed E-state index contributed by atoms with van der Waals surface area (Å²) in [5.74, 6) is -1.80. The molecule has 0 fully saturated rings. The third-order valence-electron chi connectivity index (χ3n) is 3.01. The maximum atomic E-state index is 12.2. The van der Waals surface area contributed by atoms with Crippen molar-refractivity contribution in [1.29, 1.82) is 0 Å². The monoisotopic (exact) mass is 327 g/mol. The lowest BCUT2D eigenvalue weighted by Crippen LogP contribution is -2.86. The largest absolute Gasteiger partial charge is 0.463 e. The molecule has 7 heteroatoms. The van der Waals surface area contributed by atoms with Gasteiger partial charge in [0.25, 0.3) is 11.7 Å². The van der Waals surface area contributed by atoms with Gasteiger partial charge in [0.05, 0.1) is 6.26 Å². The van der Waals surface area contributed by atoms with E-state index >= 15 is 0 Å². The van der Waals surface area contributed by atoms with E-state index in [9.17, 15) is 13.6 Å². The van der Waals surface area contributed by atoms with Gasteiger partial charge in [-0.05, 0) is 43.3 Å². The Morgan fingerprint density at radius 2 is 2.05 bits per heavy atom. The number of anilines is 1. The summed E-state index contributed by atoms with van der Waals surface area (Å²) in [5, 5.41) is 4.58. The first-order valence-corrected chi connectivity index (χ1v) is 7.64. The number of rotatable bonds is 7. The van der Waals surface area contributed by atoms with Crippen LogP contribution < -0.4 is 10.6 Å². The molecule has 118 valence electrons. The number of carbonyl (C=O) groups excluding carboxylic acids is 1. The zero-order chi connectivity index (χ0) is 15.9. The van der Waals surface area contributed by atoms with Gasteiger partial charge in [0, 0.05) is 10.6 Å². The molecule has 0 spiro atoms. The number of hydrogen-bond acceptors (Lipinski definition) is 3. The smallest absolute Gasteiger partial charge is 0.288 e. The number of halogens is 2. The highest BCUT2D eigenvalue weighted by Crippen LogP contribution is 2.26. The van der Waals surface area contributed by atoms with Gasteiger partial charge < -0.3 is 15.1 Å². The third kappa shape index (κ3) is 5.16. The van der Waals surface area contributed by atoms with Crippen molar-refractivity contribution in [2.24, 2.45) is 0 Å². The number of nitrogens with one attached hydrogen (secondary N) is 1. The number of carbonyl (C=O) groups is 1. The van der Waals surface area contributed by atoms with Gasteiger partial charge in [-0.1, -0.05) is 11.8 Å². The molecule has 0 aliphatic carbocycles. The van der Waals surface area contributed by atoms with E-state index in [-0.39, 0.29) is 18.5 Å². The molecule has 1 aromatic carbocycles. The standard InChI is InChI=1S/C15H16F2N2O2S/c1-10(13-3-2-8-21-13)18-9-14(20)19-11-4-6-12(7-5-11)22-15(16)17/h2-8,10,15,18H,9H2,1H3,(H,19,20)/p+1/t10-/m0/s1. The van der Waals surface area contributed by atoms with Crippen LogP contribution >= 0.6 is 11.8 Å². The molecule has 3 N–H and O–H groups in total. The molecule has 22 heavy (non-hydrogen) atoms. The van der Waals surface area contributed by atoms with Crippen LogP contribution in [0.5, 0.6) is 0 Å². The Morgan fingerprint density at radius 1 is 1.32 bits per heavy atom. The quantitative estimate of drug-likeness (QED) is 0.769. The minimum atomic E-state index is -2.45. The molecular weight excluding hydrogens is 310 g/mol. The number of nitrogens with two attached hydrogens (primary N) is 1. The van der Waals surface area contributed by atoms with Crippen molar-refractivity contribution < 1.29 is 23.3 Å². The van der Waals surface area contributed by atoms with Crippen molar-refractivity contribution in [2.45, 2.75) is 23.6 Å². The number of quaternary nitrogens is 1. The van der Waals surface area contributed by atoms with E-state index in [1.165, 1.54) is 0 Å². The predicted octanol–water partition coefficient (Wildman–Crippen LogP) is 2.86. The van der Waals surface area contributed by atoms with Gasteiger partial charge in [-0.15, -0.1) is 0 Å². The number of benzene rings is 1. The molecular formula is C15H17F2N2O2S+. The highest BCUT2D eigenvalue weighted by Gasteiger charge is 2.13. The molecule has 0 radical (unpaired) electrons. The molecule has 2 aromatic rings. The summed E-state index contributed by atoms with van der Waals surface area (Å²) in [5.41, 5.74) is 0.586. The molecule has 0 saturated carbocycles. The van der Waals surface area contributed by atoms with Crippen LogP contribution in [0.1, 0.15) is 18.7 Å². The molecule has 1 atom stereocenters. The van der Waals surface area contributed by atoms with Crippen LogP contribution in [0, 0.1) is 0 Å². The highest BCUT2D eigenvalue weighted by molar-refractivity contribution is 7.99. The van der Waals surface area contributed by atoms with Crippen LogP contribution in [0.2, 0.25) is 0 Å². The Morgan fingerprint density at radius 3 is 2.64 bits per heavy atom. The molecule has 1 amide bonds. The summed E-state index contributed by atoms with van der Waals surface area (Å²) in [6, 6.07) is 10.0. The molecule has 4 nitrogen and oxygen atoms in total. The van der Waals surface area contributed by atoms with E-state index in [2.05, 4.69) is 5.32 Å². The van der Waals surface area contributed by atoms with E-state index < -0.39 is 5.76 Å². The molecule has 1 heterocycles. The van der Waals surface area contributed by atoms with E-state index in [0.29, 0.717) is 22.3 Å². The van der Waals surface area contributed by atoms with Crippen LogP contribution in [-0.2, 0) is 4.79 Å². The molecule has 0 aliphatic rings. The van der Waals surface area contributed by atoms with Gasteiger partial charge in [-0.2, -0.15) is 8.78 Å². The molecule has 0 bridgehead atoms. The second-order valence-corrected chi connectivity index (χ2v) is 5.76. The first-order valence-electron chi connectivity index (χ1n) is 6.76. The minimum absolute atomic E-state index is 0.0468. The highest BCUT2D eigenvalue weighted by atomic mass is 32.2. The van der Waals surface area contributed by atoms with Crippen LogP contribution in [0.25, 0.3) is 0 Å². The Hall–Kier alpha value is -1.86. The number of thioether (sulfide) groups is 1. The molecule has 0 unspecified atom stereocenters. The first-order chi connectivity index (χ1) is 10.5. The Bertz CT molecular complexity index is 588. The maximum Gasteiger partial charge on any atom is 0.288 e. The summed E-state index contributed by atoms with van der Waals surface area (Å²) in [6.45, 7) is 2.19. The zero-order valence-electron chi connectivity index (χ0n) is 12.0. The SMILES string of the molecule is C[C@H]([NH2+]CC(=O)Nc1ccc(SC(F)F)cc1)c1ccco1. The van der Waals surface area contributed by atoms with Gasteiger partial charge >= 0.3 is 0 Å². The second kappa shape index (κ2) is 7.95. The van der Waals surface area contributed by atoms with Crippen molar-refractivity contribution in [2.75, 3.05) is 11.9 Å². The van der Waals surface area contributed by atoms with Gasteiger partial charge in [0.1, 0.15) is 6.04 Å². The van der Waals surface area contributed by atoms with Gasteiger partial charge in [-0.3, -0.25) is 4.79 Å². The van der Waals surface area contributed by atoms with Gasteiger partial charge in [0.2, 0.25) is 0 Å². The minimum Gasteiger partial charge on any atom is -0.463 e. The van der Waals surface area contributed by atoms with Crippen molar-refractivity contribution in [3.63, 3.8) is 0 Å². The second-order valence-electron chi connectivity index (χ2n) is 4.69. The van der Waals surface area contributed by atoms with Crippen LogP contribution in [0.3, 0.4) is 0 Å². The fourth-order valence-corrected chi connectivity index (χ4v) is 2.38. The lowest BCUT2D eigenvalue weighted by atomic mass is 10.2. The Labute approximate surface area is 131 Å². The average Bonchev–Trinajstić information content (AvgIpc) is 3.00. The fraction of sp³-hybridized carbons (Fsp3) is 0.267. The van der Waals surface area contributed by atoms with E-state index in [1.54, 1.807) is 36.6 Å². The predicted molar refractivity (Wildman–Crippen MR) is 80.8 cm³/mol. The first kappa shape index (κ1) is 16.5.